The van der Waals surface area contributed by atoms with E-state index in [-0.39, 0.29) is 0 Å². The largest absolute Gasteiger partial charge is 0.336 e. The Kier molecular flexibility index (Phi) is 3.12. The van der Waals surface area contributed by atoms with Crippen LogP contribution < -0.4 is 5.32 Å². The Morgan fingerprint density at radius 3 is 2.93 bits per heavy atom. The number of thiophene rings is 1. The average Bonchev–Trinajstić information content (AvgIpc) is 2.75. The van der Waals surface area contributed by atoms with E-state index in [9.17, 15) is 0 Å². The Balaban J connectivity index is 2.09. The summed E-state index contributed by atoms with van der Waals surface area (Å²) >= 11 is 13.9. The molecule has 0 aliphatic heterocycles. The smallest absolute Gasteiger partial charge is 0.150 e. The minimum atomic E-state index is 0.638. The number of aromatic nitrogens is 1. The van der Waals surface area contributed by atoms with Crippen molar-refractivity contribution in [3.63, 3.8) is 0 Å². The molecule has 6 heteroatoms. The number of anilines is 1. The zero-order valence-corrected chi connectivity index (χ0v) is 10.1. The number of nitrogens with zero attached hydrogens (tertiary/aromatic N) is 1. The molecule has 0 bridgehead atoms. The molecule has 2 aromatic heterocycles. The van der Waals surface area contributed by atoms with Gasteiger partial charge in [-0.3, -0.25) is 0 Å². The van der Waals surface area contributed by atoms with Gasteiger partial charge in [0.15, 0.2) is 5.01 Å². The molecule has 72 valence electrons. The van der Waals surface area contributed by atoms with Crippen LogP contribution in [0.25, 0.3) is 0 Å². The van der Waals surface area contributed by atoms with Crippen LogP contribution >= 0.6 is 46.5 Å². The van der Waals surface area contributed by atoms with Crippen LogP contribution in [-0.4, -0.2) is 9.97 Å². The highest BCUT2D eigenvalue weighted by Crippen LogP contribution is 2.26. The molecule has 1 N–H and O–H groups in total. The molecule has 2 aromatic rings. The lowest BCUT2D eigenvalue weighted by Crippen LogP contribution is -2.08. The molecule has 14 heavy (non-hydrogen) atoms. The zero-order chi connectivity index (χ0) is 9.97. The first-order valence-electron chi connectivity index (χ1n) is 3.72. The normalized spacial score (nSPS) is 10.1. The van der Waals surface area contributed by atoms with Gasteiger partial charge in [0.1, 0.15) is 4.99 Å². The molecule has 0 amide bonds. The quantitative estimate of drug-likeness (QED) is 0.835. The topological polar surface area (TPSA) is 24.9 Å². The summed E-state index contributed by atoms with van der Waals surface area (Å²) in [5.74, 6) is 0. The van der Waals surface area contributed by atoms with Gasteiger partial charge in [-0.1, -0.05) is 23.8 Å². The van der Waals surface area contributed by atoms with E-state index in [1.807, 2.05) is 17.5 Å². The molecule has 0 aliphatic rings. The first-order valence-corrected chi connectivity index (χ1v) is 6.20. The molecule has 0 atom stereocenters. The van der Waals surface area contributed by atoms with E-state index in [4.69, 9.17) is 23.8 Å². The third-order valence-electron chi connectivity index (χ3n) is 1.44. The third-order valence-corrected chi connectivity index (χ3v) is 3.80. The summed E-state index contributed by atoms with van der Waals surface area (Å²) in [7, 11) is 0. The first-order chi connectivity index (χ1) is 6.75. The molecule has 0 fully saturated rings. The van der Waals surface area contributed by atoms with Gasteiger partial charge in [0, 0.05) is 11.6 Å². The Labute approximate surface area is 99.6 Å². The summed E-state index contributed by atoms with van der Waals surface area (Å²) in [6.45, 7) is 0. The second kappa shape index (κ2) is 4.35. The molecule has 2 rings (SSSR count). The number of hydrogen-bond donors (Lipinski definition) is 1. The summed E-state index contributed by atoms with van der Waals surface area (Å²) < 4.78 is 0.745. The highest BCUT2D eigenvalue weighted by atomic mass is 35.5. The van der Waals surface area contributed by atoms with Crippen molar-refractivity contribution in [1.82, 2.24) is 4.98 Å². The lowest BCUT2D eigenvalue weighted by atomic mass is 10.6. The fourth-order valence-corrected chi connectivity index (χ4v) is 2.73. The van der Waals surface area contributed by atoms with Crippen LogP contribution in [0.3, 0.4) is 0 Å². The molecule has 0 spiro atoms. The van der Waals surface area contributed by atoms with E-state index in [1.165, 1.54) is 22.7 Å². The Morgan fingerprint density at radius 2 is 2.36 bits per heavy atom. The fraction of sp³-hybridized carbons (Fsp3) is 0. The van der Waals surface area contributed by atoms with Crippen molar-refractivity contribution in [2.45, 2.75) is 0 Å². The van der Waals surface area contributed by atoms with Gasteiger partial charge in [0.2, 0.25) is 0 Å². The minimum Gasteiger partial charge on any atom is -0.336 e. The summed E-state index contributed by atoms with van der Waals surface area (Å²) in [6, 6.07) is 3.73. The van der Waals surface area contributed by atoms with Gasteiger partial charge in [0.05, 0.1) is 9.34 Å². The van der Waals surface area contributed by atoms with Crippen LogP contribution in [0.2, 0.25) is 4.34 Å². The molecule has 0 saturated carbocycles. The number of thiocarbonyl (C=S) groups is 1. The highest BCUT2D eigenvalue weighted by Gasteiger charge is 2.05. The maximum atomic E-state index is 5.79. The molecule has 2 heterocycles. The van der Waals surface area contributed by atoms with E-state index < -0.39 is 0 Å². The maximum absolute atomic E-state index is 5.79. The van der Waals surface area contributed by atoms with Crippen molar-refractivity contribution < 1.29 is 0 Å². The Bertz CT molecular complexity index is 435. The Morgan fingerprint density at radius 1 is 1.50 bits per heavy atom. The van der Waals surface area contributed by atoms with Gasteiger partial charge in [-0.2, -0.15) is 0 Å². The average molecular weight is 261 g/mol. The van der Waals surface area contributed by atoms with E-state index in [0.717, 1.165) is 14.3 Å². The van der Waals surface area contributed by atoms with Gasteiger partial charge in [-0.15, -0.1) is 22.7 Å². The lowest BCUT2D eigenvalue weighted by molar-refractivity contribution is 1.40. The molecule has 0 saturated heterocycles. The number of rotatable bonds is 2. The number of thiazole rings is 1. The number of nitrogens with one attached hydrogen (secondary N) is 1. The molecule has 0 radical (unpaired) electrons. The van der Waals surface area contributed by atoms with Crippen LogP contribution in [0.1, 0.15) is 5.01 Å². The van der Waals surface area contributed by atoms with E-state index in [0.29, 0.717) is 4.99 Å². The van der Waals surface area contributed by atoms with E-state index in [2.05, 4.69) is 10.3 Å². The van der Waals surface area contributed by atoms with Crippen LogP contribution in [0.4, 0.5) is 5.00 Å². The zero-order valence-electron chi connectivity index (χ0n) is 6.86. The van der Waals surface area contributed by atoms with Crippen molar-refractivity contribution in [1.29, 1.82) is 0 Å². The third kappa shape index (κ3) is 2.30. The van der Waals surface area contributed by atoms with Crippen LogP contribution in [0.5, 0.6) is 0 Å². The van der Waals surface area contributed by atoms with Gasteiger partial charge < -0.3 is 5.32 Å². The standard InChI is InChI=1S/C8H5ClN2S3/c9-5-1-2-6(14-5)11-7(12)8-10-3-4-13-8/h1-4H,(H,11,12). The second-order valence-corrected chi connectivity index (χ2v) is 5.41. The lowest BCUT2D eigenvalue weighted by Gasteiger charge is -2.00. The van der Waals surface area contributed by atoms with Gasteiger partial charge >= 0.3 is 0 Å². The van der Waals surface area contributed by atoms with Gasteiger partial charge in [0.25, 0.3) is 0 Å². The number of hydrogen-bond acceptors (Lipinski definition) is 4. The summed E-state index contributed by atoms with van der Waals surface area (Å²) in [4.78, 5) is 4.74. The van der Waals surface area contributed by atoms with E-state index in [1.54, 1.807) is 6.20 Å². The monoisotopic (exact) mass is 260 g/mol. The molecule has 0 unspecified atom stereocenters. The van der Waals surface area contributed by atoms with Crippen molar-refractivity contribution >= 4 is 56.5 Å². The molecule has 0 aromatic carbocycles. The fourth-order valence-electron chi connectivity index (χ4n) is 0.882. The predicted molar refractivity (Wildman–Crippen MR) is 66.8 cm³/mol. The van der Waals surface area contributed by atoms with Crippen LogP contribution in [0.15, 0.2) is 23.7 Å². The Hall–Kier alpha value is -0.490. The van der Waals surface area contributed by atoms with Crippen molar-refractivity contribution in [2.75, 3.05) is 5.32 Å². The second-order valence-electron chi connectivity index (χ2n) is 2.40. The molecule has 0 aliphatic carbocycles. The van der Waals surface area contributed by atoms with Crippen molar-refractivity contribution in [3.05, 3.63) is 33.1 Å². The van der Waals surface area contributed by atoms with Crippen molar-refractivity contribution in [2.24, 2.45) is 0 Å². The van der Waals surface area contributed by atoms with Crippen LogP contribution in [0, 0.1) is 0 Å². The summed E-state index contributed by atoms with van der Waals surface area (Å²) in [5.41, 5.74) is 0. The van der Waals surface area contributed by atoms with E-state index >= 15 is 0 Å². The van der Waals surface area contributed by atoms with Gasteiger partial charge in [-0.25, -0.2) is 4.98 Å². The summed E-state index contributed by atoms with van der Waals surface area (Å²) in [6.07, 6.45) is 1.73. The minimum absolute atomic E-state index is 0.638. The highest BCUT2D eigenvalue weighted by molar-refractivity contribution is 7.81. The van der Waals surface area contributed by atoms with Gasteiger partial charge in [-0.05, 0) is 12.1 Å². The summed E-state index contributed by atoms with van der Waals surface area (Å²) in [5, 5.41) is 6.74. The maximum Gasteiger partial charge on any atom is 0.150 e. The SMILES string of the molecule is S=C(Nc1ccc(Cl)s1)c1nccs1. The first kappa shape index (κ1) is 10.0. The van der Waals surface area contributed by atoms with Crippen LogP contribution in [-0.2, 0) is 0 Å². The molecular formula is C8H5ClN2S3. The van der Waals surface area contributed by atoms with Crippen molar-refractivity contribution in [3.8, 4) is 0 Å². The molecule has 2 nitrogen and oxygen atoms in total. The molecular weight excluding hydrogens is 256 g/mol. The number of halogens is 1. The predicted octanol–water partition coefficient (Wildman–Crippen LogP) is 3.65.